The zero-order valence-electron chi connectivity index (χ0n) is 10.0. The smallest absolute Gasteiger partial charge is 0.405 e. The molecule has 1 saturated heterocycles. The van der Waals surface area contributed by atoms with Crippen LogP contribution in [0.3, 0.4) is 0 Å². The molecule has 1 aliphatic rings. The maximum absolute atomic E-state index is 10.6. The van der Waals surface area contributed by atoms with E-state index in [9.17, 15) is 9.90 Å². The van der Waals surface area contributed by atoms with E-state index >= 15 is 0 Å². The number of ether oxygens (including phenoxy) is 1. The Bertz CT molecular complexity index is 415. The van der Waals surface area contributed by atoms with Gasteiger partial charge in [0.05, 0.1) is 18.8 Å². The second-order valence-corrected chi connectivity index (χ2v) is 4.36. The van der Waals surface area contributed by atoms with Crippen LogP contribution in [0.1, 0.15) is 36.1 Å². The number of aliphatic hydroxyl groups is 1. The third-order valence-corrected chi connectivity index (χ3v) is 3.09. The van der Waals surface area contributed by atoms with Crippen LogP contribution in [0.15, 0.2) is 24.3 Å². The molecule has 0 radical (unpaired) electrons. The van der Waals surface area contributed by atoms with Gasteiger partial charge in [0.2, 0.25) is 0 Å². The predicted octanol–water partition coefficient (Wildman–Crippen LogP) is 1.84. The van der Waals surface area contributed by atoms with Gasteiger partial charge in [0, 0.05) is 6.61 Å². The molecule has 1 fully saturated rings. The summed E-state index contributed by atoms with van der Waals surface area (Å²) in [5.41, 5.74) is 1.79. The highest BCUT2D eigenvalue weighted by molar-refractivity contribution is 5.65. The topological polar surface area (TPSA) is 78.8 Å². The molecule has 1 aromatic carbocycles. The Kier molecular flexibility index (Phi) is 4.17. The Balaban J connectivity index is 2.16. The number of carbonyl (C=O) groups is 1. The lowest BCUT2D eigenvalue weighted by molar-refractivity contribution is 0.112. The second kappa shape index (κ2) is 5.84. The first-order chi connectivity index (χ1) is 8.70. The lowest BCUT2D eigenvalue weighted by Gasteiger charge is -2.17. The molecular weight excluding hydrogens is 234 g/mol. The van der Waals surface area contributed by atoms with Crippen LogP contribution in [0.2, 0.25) is 0 Å². The first-order valence-electron chi connectivity index (χ1n) is 6.02. The van der Waals surface area contributed by atoms with Gasteiger partial charge in [0.1, 0.15) is 0 Å². The number of rotatable bonds is 4. The van der Waals surface area contributed by atoms with Gasteiger partial charge in [0.25, 0.3) is 0 Å². The molecule has 1 amide bonds. The summed E-state index contributed by atoms with van der Waals surface area (Å²) in [6.07, 6.45) is 0.983. The van der Waals surface area contributed by atoms with E-state index in [1.807, 2.05) is 18.2 Å². The third-order valence-electron chi connectivity index (χ3n) is 3.09. The number of nitrogens with one attached hydrogen (secondary N) is 1. The van der Waals surface area contributed by atoms with E-state index in [-0.39, 0.29) is 12.7 Å². The normalized spacial score (nSPS) is 20.6. The average Bonchev–Trinajstić information content (AvgIpc) is 2.89. The summed E-state index contributed by atoms with van der Waals surface area (Å²) < 4.78 is 5.59. The van der Waals surface area contributed by atoms with E-state index in [0.29, 0.717) is 0 Å². The van der Waals surface area contributed by atoms with Crippen LogP contribution in [0, 0.1) is 0 Å². The first-order valence-corrected chi connectivity index (χ1v) is 6.02. The number of amides is 1. The van der Waals surface area contributed by atoms with Gasteiger partial charge >= 0.3 is 6.09 Å². The molecular formula is C13H17NO4. The molecule has 2 rings (SSSR count). The van der Waals surface area contributed by atoms with Gasteiger partial charge in [-0.3, -0.25) is 0 Å². The summed E-state index contributed by atoms with van der Waals surface area (Å²) in [4.78, 5) is 10.6. The zero-order valence-corrected chi connectivity index (χ0v) is 10.0. The Morgan fingerprint density at radius 1 is 1.56 bits per heavy atom. The largest absolute Gasteiger partial charge is 0.465 e. The van der Waals surface area contributed by atoms with Crippen LogP contribution < -0.4 is 5.32 Å². The molecule has 98 valence electrons. The van der Waals surface area contributed by atoms with Crippen LogP contribution in [0.5, 0.6) is 0 Å². The van der Waals surface area contributed by atoms with E-state index in [4.69, 9.17) is 9.84 Å². The summed E-state index contributed by atoms with van der Waals surface area (Å²) in [7, 11) is 0. The van der Waals surface area contributed by atoms with Crippen LogP contribution >= 0.6 is 0 Å². The van der Waals surface area contributed by atoms with Crippen LogP contribution in [-0.4, -0.2) is 29.5 Å². The van der Waals surface area contributed by atoms with E-state index in [0.717, 1.165) is 30.6 Å². The fraction of sp³-hybridized carbons (Fsp3) is 0.462. The molecule has 0 bridgehead atoms. The summed E-state index contributed by atoms with van der Waals surface area (Å²) in [6.45, 7) is 0.507. The lowest BCUT2D eigenvalue weighted by Crippen LogP contribution is -2.29. The molecule has 0 aromatic heterocycles. The van der Waals surface area contributed by atoms with Crippen molar-refractivity contribution in [2.75, 3.05) is 13.2 Å². The SMILES string of the molecule is O=C(O)NC(CO)c1cccc(C2CCCO2)c1. The van der Waals surface area contributed by atoms with Gasteiger partial charge in [-0.25, -0.2) is 4.79 Å². The fourth-order valence-electron chi connectivity index (χ4n) is 2.20. The average molecular weight is 251 g/mol. The van der Waals surface area contributed by atoms with E-state index < -0.39 is 12.1 Å². The quantitative estimate of drug-likeness (QED) is 0.763. The minimum atomic E-state index is -1.14. The highest BCUT2D eigenvalue weighted by atomic mass is 16.5. The summed E-state index contributed by atoms with van der Waals surface area (Å²) in [6, 6.07) is 6.93. The van der Waals surface area contributed by atoms with Crippen molar-refractivity contribution >= 4 is 6.09 Å². The predicted molar refractivity (Wildman–Crippen MR) is 65.4 cm³/mol. The van der Waals surface area contributed by atoms with Crippen LogP contribution in [0.25, 0.3) is 0 Å². The maximum atomic E-state index is 10.6. The van der Waals surface area contributed by atoms with Crippen LogP contribution in [0.4, 0.5) is 4.79 Å². The molecule has 1 aliphatic heterocycles. The molecule has 0 saturated carbocycles. The summed E-state index contributed by atoms with van der Waals surface area (Å²) in [5.74, 6) is 0. The molecule has 2 atom stereocenters. The van der Waals surface area contributed by atoms with Crippen molar-refractivity contribution in [3.8, 4) is 0 Å². The second-order valence-electron chi connectivity index (χ2n) is 4.36. The lowest BCUT2D eigenvalue weighted by atomic mass is 10.0. The number of hydrogen-bond donors (Lipinski definition) is 3. The molecule has 2 unspecified atom stereocenters. The van der Waals surface area contributed by atoms with Gasteiger partial charge < -0.3 is 20.3 Å². The number of aliphatic hydroxyl groups excluding tert-OH is 1. The molecule has 3 N–H and O–H groups in total. The van der Waals surface area contributed by atoms with Gasteiger partial charge in [-0.15, -0.1) is 0 Å². The fourth-order valence-corrected chi connectivity index (χ4v) is 2.20. The summed E-state index contributed by atoms with van der Waals surface area (Å²) >= 11 is 0. The highest BCUT2D eigenvalue weighted by Crippen LogP contribution is 2.29. The molecule has 1 heterocycles. The standard InChI is InChI=1S/C13H17NO4/c15-8-11(14-13(16)17)9-3-1-4-10(7-9)12-5-2-6-18-12/h1,3-4,7,11-12,14-15H,2,5-6,8H2,(H,16,17). The molecule has 0 aliphatic carbocycles. The molecule has 18 heavy (non-hydrogen) atoms. The molecule has 5 heteroatoms. The number of hydrogen-bond acceptors (Lipinski definition) is 3. The zero-order chi connectivity index (χ0) is 13.0. The highest BCUT2D eigenvalue weighted by Gasteiger charge is 2.19. The van der Waals surface area contributed by atoms with Gasteiger partial charge in [0.15, 0.2) is 0 Å². The third kappa shape index (κ3) is 3.00. The van der Waals surface area contributed by atoms with Crippen molar-refractivity contribution in [2.24, 2.45) is 0 Å². The monoisotopic (exact) mass is 251 g/mol. The Morgan fingerprint density at radius 3 is 3.00 bits per heavy atom. The number of carboxylic acid groups (broad SMARTS) is 1. The van der Waals surface area contributed by atoms with E-state index in [1.165, 1.54) is 0 Å². The van der Waals surface area contributed by atoms with Gasteiger partial charge in [-0.2, -0.15) is 0 Å². The van der Waals surface area contributed by atoms with Crippen molar-refractivity contribution < 1.29 is 19.7 Å². The van der Waals surface area contributed by atoms with Crippen molar-refractivity contribution in [3.05, 3.63) is 35.4 Å². The molecule has 0 spiro atoms. The van der Waals surface area contributed by atoms with E-state index in [1.54, 1.807) is 6.07 Å². The van der Waals surface area contributed by atoms with Gasteiger partial charge in [-0.05, 0) is 24.0 Å². The van der Waals surface area contributed by atoms with Crippen molar-refractivity contribution in [3.63, 3.8) is 0 Å². The van der Waals surface area contributed by atoms with Crippen molar-refractivity contribution in [1.29, 1.82) is 0 Å². The van der Waals surface area contributed by atoms with Crippen molar-refractivity contribution in [2.45, 2.75) is 25.0 Å². The van der Waals surface area contributed by atoms with Gasteiger partial charge in [-0.1, -0.05) is 24.3 Å². The minimum absolute atomic E-state index is 0.0918. The maximum Gasteiger partial charge on any atom is 0.405 e. The Morgan fingerprint density at radius 2 is 2.39 bits per heavy atom. The minimum Gasteiger partial charge on any atom is -0.465 e. The molecule has 1 aromatic rings. The van der Waals surface area contributed by atoms with Crippen LogP contribution in [-0.2, 0) is 4.74 Å². The van der Waals surface area contributed by atoms with E-state index in [2.05, 4.69) is 5.32 Å². The number of benzene rings is 1. The Labute approximate surface area is 105 Å². The first kappa shape index (κ1) is 12.9. The molecule has 5 nitrogen and oxygen atoms in total. The van der Waals surface area contributed by atoms with Crippen molar-refractivity contribution in [1.82, 2.24) is 5.32 Å². The Hall–Kier alpha value is -1.59. The summed E-state index contributed by atoms with van der Waals surface area (Å²) in [5, 5.41) is 20.2.